The molecule has 0 aliphatic carbocycles. The van der Waals surface area contributed by atoms with Crippen LogP contribution in [0.2, 0.25) is 0 Å². The smallest absolute Gasteiger partial charge is 0.323 e. The van der Waals surface area contributed by atoms with E-state index in [0.717, 1.165) is 47.5 Å². The lowest BCUT2D eigenvalue weighted by atomic mass is 10.2. The van der Waals surface area contributed by atoms with Crippen LogP contribution >= 0.6 is 15.9 Å². The average Bonchev–Trinajstić information content (AvgIpc) is 2.62. The molecule has 0 fully saturated rings. The van der Waals surface area contributed by atoms with Gasteiger partial charge in [0.15, 0.2) is 0 Å². The lowest BCUT2D eigenvalue weighted by Gasteiger charge is -2.27. The summed E-state index contributed by atoms with van der Waals surface area (Å²) in [6.45, 7) is 1.51. The summed E-state index contributed by atoms with van der Waals surface area (Å²) >= 11 is 3.48. The summed E-state index contributed by atoms with van der Waals surface area (Å²) in [7, 11) is 3.55. The zero-order chi connectivity index (χ0) is 18.5. The standard InChI is InChI=1S/C18H23BrN6O/c1-24(2)18(26)25-10-5-3-4-9-20-16-15(19)12-21-17(23-16)22-13-7-6-8-14(25)11-13/h6-8,11-12H,3-5,9-10H2,1-2H3,(H2,20,21,22,23). The van der Waals surface area contributed by atoms with E-state index in [4.69, 9.17) is 0 Å². The van der Waals surface area contributed by atoms with Crippen molar-refractivity contribution >= 4 is 45.1 Å². The van der Waals surface area contributed by atoms with E-state index in [1.54, 1.807) is 25.2 Å². The van der Waals surface area contributed by atoms with Gasteiger partial charge in [-0.1, -0.05) is 6.07 Å². The third kappa shape index (κ3) is 4.43. The average molecular weight is 419 g/mol. The molecule has 26 heavy (non-hydrogen) atoms. The molecular formula is C18H23BrN6O. The van der Waals surface area contributed by atoms with Gasteiger partial charge in [-0.2, -0.15) is 4.98 Å². The van der Waals surface area contributed by atoms with Crippen molar-refractivity contribution in [2.45, 2.75) is 19.3 Å². The number of fused-ring (bicyclic) bond motifs is 4. The number of carbonyl (C=O) groups is 1. The fraction of sp³-hybridized carbons (Fsp3) is 0.389. The molecule has 2 heterocycles. The van der Waals surface area contributed by atoms with Crippen LogP contribution in [-0.2, 0) is 0 Å². The zero-order valence-corrected chi connectivity index (χ0v) is 16.6. The van der Waals surface area contributed by atoms with Gasteiger partial charge in [0.25, 0.3) is 0 Å². The van der Waals surface area contributed by atoms with Gasteiger partial charge in [-0.05, 0) is 53.4 Å². The minimum Gasteiger partial charge on any atom is -0.369 e. The van der Waals surface area contributed by atoms with Gasteiger partial charge < -0.3 is 15.5 Å². The number of rotatable bonds is 0. The Kier molecular flexibility index (Phi) is 5.92. The Hall–Kier alpha value is -2.35. The van der Waals surface area contributed by atoms with Crippen molar-refractivity contribution in [2.75, 3.05) is 42.7 Å². The van der Waals surface area contributed by atoms with Crippen LogP contribution in [0.5, 0.6) is 0 Å². The molecule has 0 unspecified atom stereocenters. The third-order valence-electron chi connectivity index (χ3n) is 4.12. The first-order chi connectivity index (χ1) is 12.5. The second kappa shape index (κ2) is 8.35. The van der Waals surface area contributed by atoms with Crippen molar-refractivity contribution in [3.05, 3.63) is 34.9 Å². The highest BCUT2D eigenvalue weighted by Gasteiger charge is 2.18. The first-order valence-electron chi connectivity index (χ1n) is 8.67. The van der Waals surface area contributed by atoms with Crippen LogP contribution in [-0.4, -0.2) is 48.1 Å². The monoisotopic (exact) mass is 418 g/mol. The summed E-state index contributed by atoms with van der Waals surface area (Å²) < 4.78 is 0.839. The van der Waals surface area contributed by atoms with Gasteiger partial charge in [0.1, 0.15) is 5.82 Å². The van der Waals surface area contributed by atoms with Crippen molar-refractivity contribution in [1.29, 1.82) is 0 Å². The Bertz CT molecular complexity index is 782. The SMILES string of the molecule is CN(C)C(=O)N1CCCCCNc2nc(ncc2Br)Nc2cccc1c2. The summed E-state index contributed by atoms with van der Waals surface area (Å²) in [6.07, 6.45) is 4.70. The Balaban J connectivity index is 1.95. The van der Waals surface area contributed by atoms with Crippen molar-refractivity contribution in [3.63, 3.8) is 0 Å². The van der Waals surface area contributed by atoms with Crippen molar-refractivity contribution in [1.82, 2.24) is 14.9 Å². The summed E-state index contributed by atoms with van der Waals surface area (Å²) in [4.78, 5) is 24.9. The summed E-state index contributed by atoms with van der Waals surface area (Å²) in [5.41, 5.74) is 1.70. The van der Waals surface area contributed by atoms with E-state index in [-0.39, 0.29) is 6.03 Å². The number of carbonyl (C=O) groups excluding carboxylic acids is 1. The molecule has 2 aromatic rings. The topological polar surface area (TPSA) is 73.4 Å². The summed E-state index contributed by atoms with van der Waals surface area (Å²) in [6, 6.07) is 7.75. The molecule has 1 aliphatic heterocycles. The van der Waals surface area contributed by atoms with Crippen LogP contribution < -0.4 is 15.5 Å². The Labute approximate surface area is 161 Å². The maximum absolute atomic E-state index is 12.6. The molecule has 4 bridgehead atoms. The number of urea groups is 1. The van der Waals surface area contributed by atoms with Crippen LogP contribution in [0.3, 0.4) is 0 Å². The van der Waals surface area contributed by atoms with E-state index in [2.05, 4.69) is 36.5 Å². The van der Waals surface area contributed by atoms with E-state index >= 15 is 0 Å². The molecule has 0 atom stereocenters. The molecule has 3 rings (SSSR count). The fourth-order valence-corrected chi connectivity index (χ4v) is 3.12. The number of hydrogen-bond donors (Lipinski definition) is 2. The van der Waals surface area contributed by atoms with Gasteiger partial charge in [0, 0.05) is 44.8 Å². The molecule has 2 amide bonds. The highest BCUT2D eigenvalue weighted by Crippen LogP contribution is 2.25. The summed E-state index contributed by atoms with van der Waals surface area (Å²) in [5, 5.41) is 6.56. The maximum Gasteiger partial charge on any atom is 0.323 e. The van der Waals surface area contributed by atoms with E-state index < -0.39 is 0 Å². The van der Waals surface area contributed by atoms with E-state index in [0.29, 0.717) is 12.5 Å². The predicted octanol–water partition coefficient (Wildman–Crippen LogP) is 4.07. The van der Waals surface area contributed by atoms with Gasteiger partial charge in [-0.3, -0.25) is 4.90 Å². The van der Waals surface area contributed by atoms with Crippen LogP contribution in [0, 0.1) is 0 Å². The predicted molar refractivity (Wildman–Crippen MR) is 108 cm³/mol. The molecule has 1 aromatic heterocycles. The number of nitrogens with one attached hydrogen (secondary N) is 2. The third-order valence-corrected chi connectivity index (χ3v) is 4.70. The van der Waals surface area contributed by atoms with E-state index in [1.165, 1.54) is 0 Å². The van der Waals surface area contributed by atoms with Gasteiger partial charge in [0.2, 0.25) is 5.95 Å². The maximum atomic E-state index is 12.6. The lowest BCUT2D eigenvalue weighted by Crippen LogP contribution is -2.40. The van der Waals surface area contributed by atoms with Gasteiger partial charge >= 0.3 is 6.03 Å². The molecule has 0 saturated carbocycles. The van der Waals surface area contributed by atoms with Crippen molar-refractivity contribution in [3.8, 4) is 0 Å². The Morgan fingerprint density at radius 2 is 2.12 bits per heavy atom. The first kappa shape index (κ1) is 18.4. The van der Waals surface area contributed by atoms with Crippen LogP contribution in [0.25, 0.3) is 0 Å². The zero-order valence-electron chi connectivity index (χ0n) is 15.0. The van der Waals surface area contributed by atoms with Crippen molar-refractivity contribution in [2.24, 2.45) is 0 Å². The Morgan fingerprint density at radius 1 is 1.27 bits per heavy atom. The molecule has 8 heteroatoms. The quantitative estimate of drug-likeness (QED) is 0.674. The fourth-order valence-electron chi connectivity index (χ4n) is 2.79. The minimum atomic E-state index is -0.0189. The number of nitrogens with zero attached hydrogens (tertiary/aromatic N) is 4. The van der Waals surface area contributed by atoms with Crippen LogP contribution in [0.15, 0.2) is 34.9 Å². The highest BCUT2D eigenvalue weighted by molar-refractivity contribution is 9.10. The van der Waals surface area contributed by atoms with Crippen molar-refractivity contribution < 1.29 is 4.79 Å². The molecule has 7 nitrogen and oxygen atoms in total. The number of halogens is 1. The Morgan fingerprint density at radius 3 is 2.92 bits per heavy atom. The largest absolute Gasteiger partial charge is 0.369 e. The minimum absolute atomic E-state index is 0.0189. The van der Waals surface area contributed by atoms with Gasteiger partial charge in [-0.15, -0.1) is 0 Å². The highest BCUT2D eigenvalue weighted by atomic mass is 79.9. The molecule has 2 N–H and O–H groups in total. The second-order valence-electron chi connectivity index (χ2n) is 6.38. The molecule has 138 valence electrons. The second-order valence-corrected chi connectivity index (χ2v) is 7.24. The van der Waals surface area contributed by atoms with Gasteiger partial charge in [-0.25, -0.2) is 9.78 Å². The molecule has 0 saturated heterocycles. The molecule has 0 radical (unpaired) electrons. The number of amides is 2. The van der Waals surface area contributed by atoms with Gasteiger partial charge in [0.05, 0.1) is 4.47 Å². The molecule has 1 aromatic carbocycles. The van der Waals surface area contributed by atoms with Crippen LogP contribution in [0.1, 0.15) is 19.3 Å². The number of benzene rings is 1. The van der Waals surface area contributed by atoms with E-state index in [1.807, 2.05) is 29.2 Å². The molecule has 0 spiro atoms. The van der Waals surface area contributed by atoms with E-state index in [9.17, 15) is 4.79 Å². The normalized spacial score (nSPS) is 14.7. The molecule has 1 aliphatic rings. The summed E-state index contributed by atoms with van der Waals surface area (Å²) in [5.74, 6) is 1.29. The number of aromatic nitrogens is 2. The lowest BCUT2D eigenvalue weighted by molar-refractivity contribution is 0.223. The molecular weight excluding hydrogens is 396 g/mol. The number of anilines is 4. The number of hydrogen-bond acceptors (Lipinski definition) is 5. The van der Waals surface area contributed by atoms with Crippen LogP contribution in [0.4, 0.5) is 27.9 Å². The first-order valence-corrected chi connectivity index (χ1v) is 9.46.